The number of ether oxygens (including phenoxy) is 1. The number of benzene rings is 1. The highest BCUT2D eigenvalue weighted by Gasteiger charge is 2.29. The van der Waals surface area contributed by atoms with Gasteiger partial charge in [-0.2, -0.15) is 4.31 Å². The second-order valence-electron chi connectivity index (χ2n) is 4.63. The van der Waals surface area contributed by atoms with Gasteiger partial charge in [-0.25, -0.2) is 13.2 Å². The molecule has 0 saturated heterocycles. The Morgan fingerprint density at radius 1 is 1.48 bits per heavy atom. The van der Waals surface area contributed by atoms with Gasteiger partial charge in [0.05, 0.1) is 12.7 Å². The van der Waals surface area contributed by atoms with Crippen LogP contribution in [0.25, 0.3) is 0 Å². The number of aromatic carboxylic acids is 1. The molecule has 6 nitrogen and oxygen atoms in total. The van der Waals surface area contributed by atoms with Crippen LogP contribution in [0, 0.1) is 0 Å². The lowest BCUT2D eigenvalue weighted by molar-refractivity contribution is 0.0696. The van der Waals surface area contributed by atoms with E-state index >= 15 is 0 Å². The van der Waals surface area contributed by atoms with Crippen molar-refractivity contribution in [1.29, 1.82) is 0 Å². The summed E-state index contributed by atoms with van der Waals surface area (Å²) < 4.78 is 31.6. The Morgan fingerprint density at radius 2 is 2.10 bits per heavy atom. The van der Waals surface area contributed by atoms with E-state index in [1.165, 1.54) is 35.7 Å². The van der Waals surface area contributed by atoms with Crippen molar-refractivity contribution in [2.45, 2.75) is 24.8 Å². The van der Waals surface area contributed by atoms with Gasteiger partial charge in [0, 0.05) is 12.6 Å². The summed E-state index contributed by atoms with van der Waals surface area (Å²) in [5.41, 5.74) is -0.0365. The first-order chi connectivity index (χ1) is 9.75. The Labute approximate surface area is 124 Å². The topological polar surface area (TPSA) is 83.9 Å². The normalized spacial score (nSPS) is 11.7. The number of carboxylic acid groups (broad SMARTS) is 1. The van der Waals surface area contributed by atoms with Crippen LogP contribution < -0.4 is 4.74 Å². The van der Waals surface area contributed by atoms with Crippen molar-refractivity contribution in [3.05, 3.63) is 36.4 Å². The maximum absolute atomic E-state index is 12.7. The monoisotopic (exact) mass is 313 g/mol. The number of methoxy groups -OCH3 is 1. The maximum Gasteiger partial charge on any atom is 0.335 e. The maximum atomic E-state index is 12.7. The predicted molar refractivity (Wildman–Crippen MR) is 79.2 cm³/mol. The van der Waals surface area contributed by atoms with E-state index in [1.807, 2.05) is 0 Å². The molecule has 0 unspecified atom stereocenters. The van der Waals surface area contributed by atoms with Gasteiger partial charge in [0.2, 0.25) is 10.0 Å². The zero-order valence-corrected chi connectivity index (χ0v) is 13.1. The number of hydrogen-bond acceptors (Lipinski definition) is 4. The average molecular weight is 313 g/mol. The second-order valence-corrected chi connectivity index (χ2v) is 6.49. The highest BCUT2D eigenvalue weighted by atomic mass is 32.2. The van der Waals surface area contributed by atoms with Crippen molar-refractivity contribution in [3.8, 4) is 5.75 Å². The van der Waals surface area contributed by atoms with Crippen LogP contribution in [0.4, 0.5) is 0 Å². The van der Waals surface area contributed by atoms with Gasteiger partial charge in [-0.05, 0) is 32.0 Å². The Morgan fingerprint density at radius 3 is 2.52 bits per heavy atom. The minimum absolute atomic E-state index is 0.00427. The fraction of sp³-hybridized carbons (Fsp3) is 0.357. The smallest absolute Gasteiger partial charge is 0.335 e. The minimum atomic E-state index is -3.80. The van der Waals surface area contributed by atoms with Crippen molar-refractivity contribution >= 4 is 16.0 Å². The van der Waals surface area contributed by atoms with Crippen molar-refractivity contribution in [1.82, 2.24) is 4.31 Å². The Kier molecular flexibility index (Phi) is 5.51. The first kappa shape index (κ1) is 17.2. The molecule has 0 heterocycles. The molecule has 0 aliphatic rings. The number of rotatable bonds is 7. The van der Waals surface area contributed by atoms with Gasteiger partial charge < -0.3 is 9.84 Å². The molecule has 0 spiro atoms. The van der Waals surface area contributed by atoms with Gasteiger partial charge in [0.25, 0.3) is 0 Å². The molecule has 0 aromatic heterocycles. The number of sulfonamides is 1. The van der Waals surface area contributed by atoms with Crippen molar-refractivity contribution < 1.29 is 23.1 Å². The molecule has 0 fully saturated rings. The van der Waals surface area contributed by atoms with E-state index in [4.69, 9.17) is 9.84 Å². The van der Waals surface area contributed by atoms with Crippen LogP contribution in [-0.4, -0.2) is 43.5 Å². The lowest BCUT2D eigenvalue weighted by Crippen LogP contribution is -2.37. The standard InChI is InChI=1S/C14H19NO5S/c1-5-8-15(10(2)3)21(18,19)13-7-6-11(14(16)17)9-12(13)20-4/h5-7,9-10H,1,8H2,2-4H3,(H,16,17). The van der Waals surface area contributed by atoms with Crippen LogP contribution in [0.2, 0.25) is 0 Å². The van der Waals surface area contributed by atoms with E-state index in [1.54, 1.807) is 13.8 Å². The molecule has 0 aliphatic heterocycles. The van der Waals surface area contributed by atoms with Gasteiger partial charge in [0.1, 0.15) is 10.6 Å². The highest BCUT2D eigenvalue weighted by Crippen LogP contribution is 2.29. The molecule has 1 N–H and O–H groups in total. The summed E-state index contributed by atoms with van der Waals surface area (Å²) in [5.74, 6) is -1.14. The Hall–Kier alpha value is -1.86. The fourth-order valence-electron chi connectivity index (χ4n) is 1.85. The van der Waals surface area contributed by atoms with Gasteiger partial charge in [-0.15, -0.1) is 6.58 Å². The van der Waals surface area contributed by atoms with Gasteiger partial charge in [-0.1, -0.05) is 6.08 Å². The van der Waals surface area contributed by atoms with E-state index in [2.05, 4.69) is 6.58 Å². The quantitative estimate of drug-likeness (QED) is 0.778. The van der Waals surface area contributed by atoms with Crippen molar-refractivity contribution in [2.24, 2.45) is 0 Å². The molecule has 0 amide bonds. The molecule has 0 radical (unpaired) electrons. The number of carboxylic acids is 1. The third-order valence-electron chi connectivity index (χ3n) is 2.88. The number of hydrogen-bond donors (Lipinski definition) is 1. The van der Waals surface area contributed by atoms with E-state index in [0.29, 0.717) is 0 Å². The predicted octanol–water partition coefficient (Wildman–Crippen LogP) is 1.98. The lowest BCUT2D eigenvalue weighted by atomic mass is 10.2. The fourth-order valence-corrected chi connectivity index (χ4v) is 3.60. The summed E-state index contributed by atoms with van der Waals surface area (Å²) >= 11 is 0. The summed E-state index contributed by atoms with van der Waals surface area (Å²) in [6.07, 6.45) is 1.50. The summed E-state index contributed by atoms with van der Waals surface area (Å²) in [6, 6.07) is 3.42. The van der Waals surface area contributed by atoms with Gasteiger partial charge >= 0.3 is 5.97 Å². The largest absolute Gasteiger partial charge is 0.495 e. The number of carbonyl (C=O) groups is 1. The molecular formula is C14H19NO5S. The van der Waals surface area contributed by atoms with Crippen LogP contribution in [0.15, 0.2) is 35.7 Å². The molecule has 116 valence electrons. The molecule has 1 aromatic carbocycles. The van der Waals surface area contributed by atoms with Crippen LogP contribution in [0.3, 0.4) is 0 Å². The van der Waals surface area contributed by atoms with E-state index in [0.717, 1.165) is 0 Å². The first-order valence-electron chi connectivity index (χ1n) is 6.29. The minimum Gasteiger partial charge on any atom is -0.495 e. The molecule has 7 heteroatoms. The van der Waals surface area contributed by atoms with Gasteiger partial charge in [-0.3, -0.25) is 0 Å². The first-order valence-corrected chi connectivity index (χ1v) is 7.73. The molecule has 0 bridgehead atoms. The molecule has 1 aromatic rings. The van der Waals surface area contributed by atoms with E-state index in [-0.39, 0.29) is 28.8 Å². The zero-order valence-electron chi connectivity index (χ0n) is 12.2. The molecule has 0 saturated carbocycles. The average Bonchev–Trinajstić information content (AvgIpc) is 2.43. The summed E-state index contributed by atoms with van der Waals surface area (Å²) in [6.45, 7) is 7.21. The van der Waals surface area contributed by atoms with Crippen molar-refractivity contribution in [3.63, 3.8) is 0 Å². The molecular weight excluding hydrogens is 294 g/mol. The van der Waals surface area contributed by atoms with Crippen LogP contribution in [0.1, 0.15) is 24.2 Å². The van der Waals surface area contributed by atoms with Gasteiger partial charge in [0.15, 0.2) is 0 Å². The molecule has 0 atom stereocenters. The zero-order chi connectivity index (χ0) is 16.2. The van der Waals surface area contributed by atoms with Crippen LogP contribution in [0.5, 0.6) is 5.75 Å². The summed E-state index contributed by atoms with van der Waals surface area (Å²) in [4.78, 5) is 10.9. The molecule has 21 heavy (non-hydrogen) atoms. The summed E-state index contributed by atoms with van der Waals surface area (Å²) in [5, 5.41) is 8.95. The lowest BCUT2D eigenvalue weighted by Gasteiger charge is -2.25. The van der Waals surface area contributed by atoms with Crippen molar-refractivity contribution in [2.75, 3.05) is 13.7 Å². The number of nitrogens with zero attached hydrogens (tertiary/aromatic N) is 1. The van der Waals surface area contributed by atoms with E-state index < -0.39 is 16.0 Å². The second kappa shape index (κ2) is 6.73. The van der Waals surface area contributed by atoms with Crippen LogP contribution in [-0.2, 0) is 10.0 Å². The third-order valence-corrected chi connectivity index (χ3v) is 4.96. The Bertz CT molecular complexity index is 637. The molecule has 0 aliphatic carbocycles. The third kappa shape index (κ3) is 3.62. The SMILES string of the molecule is C=CCN(C(C)C)S(=O)(=O)c1ccc(C(=O)O)cc1OC. The Balaban J connectivity index is 3.43. The van der Waals surface area contributed by atoms with E-state index in [9.17, 15) is 13.2 Å². The highest BCUT2D eigenvalue weighted by molar-refractivity contribution is 7.89. The van der Waals surface area contributed by atoms with Crippen LogP contribution >= 0.6 is 0 Å². The summed E-state index contributed by atoms with van der Waals surface area (Å²) in [7, 11) is -2.50. The molecule has 1 rings (SSSR count).